The first-order valence-corrected chi connectivity index (χ1v) is 7.38. The predicted molar refractivity (Wildman–Crippen MR) is 72.2 cm³/mol. The SMILES string of the molecule is COc1cncc(S(=O)(=O)Nc2cc(C(C)(C)F)on2)c1. The molecule has 0 saturated heterocycles. The second kappa shape index (κ2) is 5.32. The monoisotopic (exact) mass is 315 g/mol. The van der Waals surface area contributed by atoms with E-state index in [4.69, 9.17) is 9.26 Å². The van der Waals surface area contributed by atoms with E-state index in [2.05, 4.69) is 14.9 Å². The molecule has 9 heteroatoms. The molecule has 0 aliphatic rings. The molecule has 0 fully saturated rings. The van der Waals surface area contributed by atoms with Crippen LogP contribution >= 0.6 is 0 Å². The van der Waals surface area contributed by atoms with Crippen molar-refractivity contribution in [2.75, 3.05) is 11.8 Å². The molecular weight excluding hydrogens is 301 g/mol. The number of methoxy groups -OCH3 is 1. The summed E-state index contributed by atoms with van der Waals surface area (Å²) in [6, 6.07) is 2.49. The lowest BCUT2D eigenvalue weighted by molar-refractivity contribution is 0.163. The Morgan fingerprint density at radius 1 is 1.33 bits per heavy atom. The van der Waals surface area contributed by atoms with E-state index in [1.54, 1.807) is 0 Å². The molecule has 114 valence electrons. The fourth-order valence-corrected chi connectivity index (χ4v) is 2.42. The normalized spacial score (nSPS) is 12.2. The van der Waals surface area contributed by atoms with Gasteiger partial charge in [-0.2, -0.15) is 0 Å². The van der Waals surface area contributed by atoms with Gasteiger partial charge in [-0.05, 0) is 13.8 Å². The second-order valence-electron chi connectivity index (χ2n) is 4.71. The number of rotatable bonds is 5. The highest BCUT2D eigenvalue weighted by atomic mass is 32.2. The minimum absolute atomic E-state index is 0.0797. The highest BCUT2D eigenvalue weighted by molar-refractivity contribution is 7.92. The smallest absolute Gasteiger partial charge is 0.264 e. The molecule has 0 aliphatic carbocycles. The van der Waals surface area contributed by atoms with Crippen LogP contribution in [-0.2, 0) is 15.7 Å². The number of aromatic nitrogens is 2. The van der Waals surface area contributed by atoms with Gasteiger partial charge in [0.25, 0.3) is 10.0 Å². The Balaban J connectivity index is 2.27. The van der Waals surface area contributed by atoms with Gasteiger partial charge in [-0.1, -0.05) is 5.16 Å². The van der Waals surface area contributed by atoms with Crippen LogP contribution in [0.2, 0.25) is 0 Å². The number of anilines is 1. The molecule has 0 aromatic carbocycles. The summed E-state index contributed by atoms with van der Waals surface area (Å²) >= 11 is 0. The Bertz CT molecular complexity index is 737. The van der Waals surface area contributed by atoms with Crippen molar-refractivity contribution >= 4 is 15.8 Å². The molecule has 0 unspecified atom stereocenters. The number of hydrogen-bond donors (Lipinski definition) is 1. The Labute approximate surface area is 121 Å². The summed E-state index contributed by atoms with van der Waals surface area (Å²) in [6.45, 7) is 2.55. The maximum atomic E-state index is 13.7. The molecule has 0 atom stereocenters. The van der Waals surface area contributed by atoms with Crippen LogP contribution < -0.4 is 9.46 Å². The van der Waals surface area contributed by atoms with E-state index >= 15 is 0 Å². The molecule has 2 heterocycles. The number of alkyl halides is 1. The first-order chi connectivity index (χ1) is 9.72. The summed E-state index contributed by atoms with van der Waals surface area (Å²) in [5, 5.41) is 3.48. The Hall–Kier alpha value is -2.16. The maximum Gasteiger partial charge on any atom is 0.264 e. The molecule has 0 saturated carbocycles. The molecule has 0 amide bonds. The van der Waals surface area contributed by atoms with Gasteiger partial charge >= 0.3 is 0 Å². The maximum absolute atomic E-state index is 13.7. The Morgan fingerprint density at radius 2 is 2.05 bits per heavy atom. The van der Waals surface area contributed by atoms with Crippen molar-refractivity contribution in [1.29, 1.82) is 0 Å². The van der Waals surface area contributed by atoms with Crippen molar-refractivity contribution in [3.8, 4) is 5.75 Å². The van der Waals surface area contributed by atoms with E-state index in [1.807, 2.05) is 0 Å². The van der Waals surface area contributed by atoms with Crippen LogP contribution in [-0.4, -0.2) is 25.7 Å². The van der Waals surface area contributed by atoms with Crippen LogP contribution in [0.4, 0.5) is 10.2 Å². The van der Waals surface area contributed by atoms with Crippen LogP contribution in [0.1, 0.15) is 19.6 Å². The summed E-state index contributed by atoms with van der Waals surface area (Å²) < 4.78 is 49.8. The third kappa shape index (κ3) is 3.48. The van der Waals surface area contributed by atoms with E-state index in [9.17, 15) is 12.8 Å². The lowest BCUT2D eigenvalue weighted by Gasteiger charge is -2.07. The van der Waals surface area contributed by atoms with Gasteiger partial charge in [-0.15, -0.1) is 0 Å². The molecule has 0 radical (unpaired) electrons. The van der Waals surface area contributed by atoms with Gasteiger partial charge in [0.05, 0.1) is 13.3 Å². The van der Waals surface area contributed by atoms with Crippen LogP contribution in [0, 0.1) is 0 Å². The Morgan fingerprint density at radius 3 is 2.62 bits per heavy atom. The lowest BCUT2D eigenvalue weighted by Crippen LogP contribution is -2.13. The highest BCUT2D eigenvalue weighted by Crippen LogP contribution is 2.27. The zero-order valence-corrected chi connectivity index (χ0v) is 12.4. The van der Waals surface area contributed by atoms with Crippen molar-refractivity contribution in [1.82, 2.24) is 10.1 Å². The number of nitrogens with one attached hydrogen (secondary N) is 1. The molecule has 2 aromatic heterocycles. The van der Waals surface area contributed by atoms with Gasteiger partial charge in [-0.25, -0.2) is 12.8 Å². The highest BCUT2D eigenvalue weighted by Gasteiger charge is 2.26. The van der Waals surface area contributed by atoms with Gasteiger partial charge in [0.15, 0.2) is 17.2 Å². The van der Waals surface area contributed by atoms with E-state index in [-0.39, 0.29) is 16.5 Å². The van der Waals surface area contributed by atoms with Crippen molar-refractivity contribution in [3.63, 3.8) is 0 Å². The number of ether oxygens (including phenoxy) is 1. The van der Waals surface area contributed by atoms with E-state index in [0.717, 1.165) is 6.20 Å². The van der Waals surface area contributed by atoms with Crippen molar-refractivity contribution < 1.29 is 22.1 Å². The van der Waals surface area contributed by atoms with Gasteiger partial charge in [0, 0.05) is 18.3 Å². The number of pyridine rings is 1. The Kier molecular flexibility index (Phi) is 3.86. The number of hydrogen-bond acceptors (Lipinski definition) is 6. The summed E-state index contributed by atoms with van der Waals surface area (Å²) in [7, 11) is -2.52. The molecule has 0 spiro atoms. The van der Waals surface area contributed by atoms with Gasteiger partial charge in [0.2, 0.25) is 0 Å². The summed E-state index contributed by atoms with van der Waals surface area (Å²) in [4.78, 5) is 3.65. The van der Waals surface area contributed by atoms with Gasteiger partial charge in [0.1, 0.15) is 10.6 Å². The quantitative estimate of drug-likeness (QED) is 0.908. The average molecular weight is 315 g/mol. The first-order valence-electron chi connectivity index (χ1n) is 5.90. The zero-order valence-electron chi connectivity index (χ0n) is 11.6. The van der Waals surface area contributed by atoms with Crippen molar-refractivity contribution in [2.24, 2.45) is 0 Å². The minimum atomic E-state index is -3.92. The molecule has 0 aliphatic heterocycles. The van der Waals surface area contributed by atoms with Gasteiger partial charge in [-0.3, -0.25) is 9.71 Å². The number of halogens is 1. The molecule has 2 rings (SSSR count). The van der Waals surface area contributed by atoms with E-state index in [1.165, 1.54) is 39.3 Å². The molecule has 0 bridgehead atoms. The third-order valence-corrected chi connectivity index (χ3v) is 3.89. The fourth-order valence-electron chi connectivity index (χ4n) is 1.46. The standard InChI is InChI=1S/C12H14FN3O4S/c1-12(2,13)10-5-11(15-20-10)16-21(17,18)9-4-8(19-3)6-14-7-9/h4-7H,1-3H3,(H,15,16). The topological polar surface area (TPSA) is 94.3 Å². The van der Waals surface area contributed by atoms with Crippen LogP contribution in [0.5, 0.6) is 5.75 Å². The summed E-state index contributed by atoms with van der Waals surface area (Å²) in [5.41, 5.74) is -1.76. The minimum Gasteiger partial charge on any atom is -0.495 e. The third-order valence-electron chi connectivity index (χ3n) is 2.57. The second-order valence-corrected chi connectivity index (χ2v) is 6.40. The average Bonchev–Trinajstić information content (AvgIpc) is 2.86. The largest absolute Gasteiger partial charge is 0.495 e. The summed E-state index contributed by atoms with van der Waals surface area (Å²) in [6.07, 6.45) is 2.53. The number of nitrogens with zero attached hydrogens (tertiary/aromatic N) is 2. The molecular formula is C12H14FN3O4S. The number of sulfonamides is 1. The summed E-state index contributed by atoms with van der Waals surface area (Å²) in [5.74, 6) is 0.103. The van der Waals surface area contributed by atoms with Crippen LogP contribution in [0.15, 0.2) is 33.9 Å². The van der Waals surface area contributed by atoms with Crippen molar-refractivity contribution in [2.45, 2.75) is 24.4 Å². The fraction of sp³-hybridized carbons (Fsp3) is 0.333. The molecule has 21 heavy (non-hydrogen) atoms. The van der Waals surface area contributed by atoms with E-state index < -0.39 is 15.7 Å². The molecule has 1 N–H and O–H groups in total. The van der Waals surface area contributed by atoms with Crippen molar-refractivity contribution in [3.05, 3.63) is 30.3 Å². The van der Waals surface area contributed by atoms with Crippen LogP contribution in [0.25, 0.3) is 0 Å². The van der Waals surface area contributed by atoms with Gasteiger partial charge < -0.3 is 9.26 Å². The molecule has 7 nitrogen and oxygen atoms in total. The van der Waals surface area contributed by atoms with Crippen LogP contribution in [0.3, 0.4) is 0 Å². The first kappa shape index (κ1) is 15.2. The predicted octanol–water partition coefficient (Wildman–Crippen LogP) is 2.08. The lowest BCUT2D eigenvalue weighted by atomic mass is 10.1. The zero-order chi connectivity index (χ0) is 15.7. The molecule has 2 aromatic rings. The van der Waals surface area contributed by atoms with E-state index in [0.29, 0.717) is 5.75 Å².